The van der Waals surface area contributed by atoms with Gasteiger partial charge in [0, 0.05) is 17.7 Å². The predicted octanol–water partition coefficient (Wildman–Crippen LogP) is 4.71. The molecular weight excluding hydrogens is 416 g/mol. The van der Waals surface area contributed by atoms with E-state index in [0.717, 1.165) is 43.7 Å². The van der Waals surface area contributed by atoms with E-state index in [1.54, 1.807) is 19.2 Å². The minimum absolute atomic E-state index is 0.0344. The van der Waals surface area contributed by atoms with Gasteiger partial charge in [-0.2, -0.15) is 0 Å². The molecule has 2 aromatic carbocycles. The minimum atomic E-state index is -0.207. The van der Waals surface area contributed by atoms with Crippen molar-refractivity contribution in [3.05, 3.63) is 52.5 Å². The van der Waals surface area contributed by atoms with E-state index in [4.69, 9.17) is 25.8 Å². The molecule has 6 nitrogen and oxygen atoms in total. The molecule has 1 saturated heterocycles. The van der Waals surface area contributed by atoms with Crippen molar-refractivity contribution in [2.75, 3.05) is 40.5 Å². The van der Waals surface area contributed by atoms with Crippen LogP contribution in [0.5, 0.6) is 17.2 Å². The summed E-state index contributed by atoms with van der Waals surface area (Å²) in [5.41, 5.74) is 1.51. The molecule has 168 valence electrons. The minimum Gasteiger partial charge on any atom is -0.496 e. The number of halogens is 1. The van der Waals surface area contributed by atoms with E-state index < -0.39 is 0 Å². The highest BCUT2D eigenvalue weighted by molar-refractivity contribution is 6.32. The van der Waals surface area contributed by atoms with Crippen molar-refractivity contribution in [2.24, 2.45) is 0 Å². The van der Waals surface area contributed by atoms with Gasteiger partial charge in [0.05, 0.1) is 31.9 Å². The van der Waals surface area contributed by atoms with Gasteiger partial charge in [-0.05, 0) is 50.6 Å². The van der Waals surface area contributed by atoms with Gasteiger partial charge in [-0.3, -0.25) is 9.69 Å². The third-order valence-electron chi connectivity index (χ3n) is 5.48. The van der Waals surface area contributed by atoms with E-state index in [9.17, 15) is 4.79 Å². The molecule has 1 amide bonds. The van der Waals surface area contributed by atoms with Gasteiger partial charge < -0.3 is 19.5 Å². The van der Waals surface area contributed by atoms with Crippen LogP contribution < -0.4 is 19.5 Å². The van der Waals surface area contributed by atoms with Crippen LogP contribution in [0.4, 0.5) is 0 Å². The Bertz CT molecular complexity index is 884. The standard InChI is InChI=1S/C24H31ClN2O4/c1-4-13-31-23-19(25)14-17(15-22(23)30-3)24(28)26-16-20(27-11-7-8-12-27)18-9-5-6-10-21(18)29-2/h5-6,9-10,14-15,20H,4,7-8,11-13,16H2,1-3H3,(H,26,28). The van der Waals surface area contributed by atoms with Crippen LogP contribution in [-0.2, 0) is 0 Å². The van der Waals surface area contributed by atoms with E-state index in [2.05, 4.69) is 16.3 Å². The summed E-state index contributed by atoms with van der Waals surface area (Å²) in [4.78, 5) is 15.4. The largest absolute Gasteiger partial charge is 0.496 e. The normalized spacial score (nSPS) is 14.8. The highest BCUT2D eigenvalue weighted by Gasteiger charge is 2.26. The van der Waals surface area contributed by atoms with E-state index in [1.165, 1.54) is 7.11 Å². The van der Waals surface area contributed by atoms with Gasteiger partial charge in [0.25, 0.3) is 5.91 Å². The SMILES string of the molecule is CCCOc1c(Cl)cc(C(=O)NCC(c2ccccc2OC)N2CCCC2)cc1OC. The Morgan fingerprint density at radius 2 is 1.84 bits per heavy atom. The zero-order valence-electron chi connectivity index (χ0n) is 18.4. The summed E-state index contributed by atoms with van der Waals surface area (Å²) in [5, 5.41) is 3.44. The third-order valence-corrected chi connectivity index (χ3v) is 5.76. The highest BCUT2D eigenvalue weighted by Crippen LogP contribution is 2.37. The average molecular weight is 447 g/mol. The average Bonchev–Trinajstić information content (AvgIpc) is 3.32. The molecule has 1 N–H and O–H groups in total. The fraction of sp³-hybridized carbons (Fsp3) is 0.458. The fourth-order valence-corrected chi connectivity index (χ4v) is 4.18. The second-order valence-corrected chi connectivity index (χ2v) is 7.96. The van der Waals surface area contributed by atoms with Crippen LogP contribution in [-0.4, -0.2) is 51.3 Å². The van der Waals surface area contributed by atoms with Crippen molar-refractivity contribution >= 4 is 17.5 Å². The van der Waals surface area contributed by atoms with Crippen LogP contribution in [0.3, 0.4) is 0 Å². The first-order valence-electron chi connectivity index (χ1n) is 10.7. The number of rotatable bonds is 10. The number of carbonyl (C=O) groups excluding carboxylic acids is 1. The lowest BCUT2D eigenvalue weighted by Crippen LogP contribution is -2.37. The topological polar surface area (TPSA) is 60.0 Å². The number of methoxy groups -OCH3 is 2. The van der Waals surface area contributed by atoms with Crippen LogP contribution >= 0.6 is 11.6 Å². The monoisotopic (exact) mass is 446 g/mol. The zero-order chi connectivity index (χ0) is 22.2. The fourth-order valence-electron chi connectivity index (χ4n) is 3.92. The second kappa shape index (κ2) is 11.3. The molecule has 0 aliphatic carbocycles. The lowest BCUT2D eigenvalue weighted by molar-refractivity contribution is 0.0937. The lowest BCUT2D eigenvalue weighted by Gasteiger charge is -2.29. The van der Waals surface area contributed by atoms with E-state index >= 15 is 0 Å². The molecule has 31 heavy (non-hydrogen) atoms. The predicted molar refractivity (Wildman–Crippen MR) is 123 cm³/mol. The van der Waals surface area contributed by atoms with Crippen molar-refractivity contribution in [1.82, 2.24) is 10.2 Å². The van der Waals surface area contributed by atoms with Crippen molar-refractivity contribution in [3.63, 3.8) is 0 Å². The molecule has 0 spiro atoms. The quantitative estimate of drug-likeness (QED) is 0.572. The Kier molecular flexibility index (Phi) is 8.43. The molecule has 0 saturated carbocycles. The van der Waals surface area contributed by atoms with Gasteiger partial charge >= 0.3 is 0 Å². The molecule has 0 bridgehead atoms. The van der Waals surface area contributed by atoms with Gasteiger partial charge in [-0.1, -0.05) is 36.7 Å². The molecule has 1 heterocycles. The molecule has 1 aliphatic rings. The first-order valence-corrected chi connectivity index (χ1v) is 11.1. The summed E-state index contributed by atoms with van der Waals surface area (Å²) in [6, 6.07) is 11.3. The van der Waals surface area contributed by atoms with Crippen molar-refractivity contribution in [3.8, 4) is 17.2 Å². The Labute approximate surface area is 189 Å². The Morgan fingerprint density at radius 1 is 1.13 bits per heavy atom. The molecule has 7 heteroatoms. The Hall–Kier alpha value is -2.44. The molecule has 1 aliphatic heterocycles. The number of hydrogen-bond donors (Lipinski definition) is 1. The van der Waals surface area contributed by atoms with Gasteiger partial charge in [0.2, 0.25) is 0 Å². The number of nitrogens with zero attached hydrogens (tertiary/aromatic N) is 1. The molecule has 0 radical (unpaired) electrons. The lowest BCUT2D eigenvalue weighted by atomic mass is 10.0. The summed E-state index contributed by atoms with van der Waals surface area (Å²) in [6.07, 6.45) is 3.17. The molecule has 1 atom stereocenters. The molecular formula is C24H31ClN2O4. The van der Waals surface area contributed by atoms with Crippen LogP contribution in [0.15, 0.2) is 36.4 Å². The molecule has 0 aromatic heterocycles. The molecule has 1 unspecified atom stereocenters. The molecule has 2 aromatic rings. The number of nitrogens with one attached hydrogen (secondary N) is 1. The number of benzene rings is 2. The Balaban J connectivity index is 1.78. The summed E-state index contributed by atoms with van der Waals surface area (Å²) < 4.78 is 16.7. The van der Waals surface area contributed by atoms with Crippen LogP contribution in [0.25, 0.3) is 0 Å². The third kappa shape index (κ3) is 5.63. The van der Waals surface area contributed by atoms with Crippen LogP contribution in [0.1, 0.15) is 48.1 Å². The van der Waals surface area contributed by atoms with Crippen molar-refractivity contribution < 1.29 is 19.0 Å². The first-order chi connectivity index (χ1) is 15.1. The maximum atomic E-state index is 13.0. The maximum absolute atomic E-state index is 13.0. The second-order valence-electron chi connectivity index (χ2n) is 7.55. The van der Waals surface area contributed by atoms with Crippen LogP contribution in [0.2, 0.25) is 5.02 Å². The van der Waals surface area contributed by atoms with Gasteiger partial charge in [0.1, 0.15) is 5.75 Å². The summed E-state index contributed by atoms with van der Waals surface area (Å²) in [7, 11) is 3.21. The number of para-hydroxylation sites is 1. The highest BCUT2D eigenvalue weighted by atomic mass is 35.5. The smallest absolute Gasteiger partial charge is 0.251 e. The Morgan fingerprint density at radius 3 is 2.52 bits per heavy atom. The first kappa shape index (κ1) is 23.2. The zero-order valence-corrected chi connectivity index (χ0v) is 19.2. The number of amides is 1. The van der Waals surface area contributed by atoms with Gasteiger partial charge in [-0.25, -0.2) is 0 Å². The summed E-state index contributed by atoms with van der Waals surface area (Å²) in [6.45, 7) is 5.01. The van der Waals surface area contributed by atoms with Gasteiger partial charge in [0.15, 0.2) is 11.5 Å². The van der Waals surface area contributed by atoms with Gasteiger partial charge in [-0.15, -0.1) is 0 Å². The maximum Gasteiger partial charge on any atom is 0.251 e. The van der Waals surface area contributed by atoms with E-state index in [1.807, 2.05) is 25.1 Å². The van der Waals surface area contributed by atoms with E-state index in [-0.39, 0.29) is 11.9 Å². The number of carbonyl (C=O) groups is 1. The summed E-state index contributed by atoms with van der Waals surface area (Å²) in [5.74, 6) is 1.54. The van der Waals surface area contributed by atoms with E-state index in [0.29, 0.717) is 35.2 Å². The van der Waals surface area contributed by atoms with Crippen molar-refractivity contribution in [1.29, 1.82) is 0 Å². The number of hydrogen-bond acceptors (Lipinski definition) is 5. The summed E-state index contributed by atoms with van der Waals surface area (Å²) >= 11 is 6.39. The molecule has 3 rings (SSSR count). The number of likely N-dealkylation sites (tertiary alicyclic amines) is 1. The van der Waals surface area contributed by atoms with Crippen molar-refractivity contribution in [2.45, 2.75) is 32.2 Å². The molecule has 1 fully saturated rings. The number of ether oxygens (including phenoxy) is 3. The van der Waals surface area contributed by atoms with Crippen LogP contribution in [0, 0.1) is 0 Å².